The molecular formula is C13H17N3O2. The van der Waals surface area contributed by atoms with Crippen LogP contribution in [0, 0.1) is 0 Å². The average Bonchev–Trinajstić information content (AvgIpc) is 2.73. The van der Waals surface area contributed by atoms with E-state index in [9.17, 15) is 4.79 Å². The second-order valence-electron chi connectivity index (χ2n) is 4.43. The molecule has 0 bridgehead atoms. The van der Waals surface area contributed by atoms with Crippen molar-refractivity contribution in [1.29, 1.82) is 0 Å². The molecule has 0 radical (unpaired) electrons. The van der Waals surface area contributed by atoms with Crippen molar-refractivity contribution in [3.05, 3.63) is 52.7 Å². The van der Waals surface area contributed by atoms with Crippen LogP contribution in [0.2, 0.25) is 0 Å². The number of imidazole rings is 1. The Hall–Kier alpha value is -1.85. The zero-order chi connectivity index (χ0) is 13.1. The van der Waals surface area contributed by atoms with Crippen molar-refractivity contribution >= 4 is 0 Å². The Kier molecular flexibility index (Phi) is 3.64. The van der Waals surface area contributed by atoms with E-state index < -0.39 is 0 Å². The molecule has 5 heteroatoms. The number of hydrogen-bond donors (Lipinski definition) is 1. The van der Waals surface area contributed by atoms with Crippen molar-refractivity contribution in [1.82, 2.24) is 9.13 Å². The maximum absolute atomic E-state index is 12.1. The normalized spacial score (nSPS) is 11.1. The molecule has 1 aromatic carbocycles. The summed E-state index contributed by atoms with van der Waals surface area (Å²) >= 11 is 0. The number of aromatic nitrogens is 2. The minimum absolute atomic E-state index is 0.0344. The summed E-state index contributed by atoms with van der Waals surface area (Å²) in [6, 6.07) is 7.69. The Morgan fingerprint density at radius 2 is 1.89 bits per heavy atom. The lowest BCUT2D eigenvalue weighted by Gasteiger charge is -2.05. The number of nitrogens with two attached hydrogens (primary N) is 1. The van der Waals surface area contributed by atoms with Gasteiger partial charge in [-0.2, -0.15) is 0 Å². The van der Waals surface area contributed by atoms with Gasteiger partial charge in [-0.1, -0.05) is 12.1 Å². The first-order valence-electron chi connectivity index (χ1n) is 5.84. The molecule has 0 aliphatic rings. The van der Waals surface area contributed by atoms with E-state index in [2.05, 4.69) is 4.84 Å². The van der Waals surface area contributed by atoms with Gasteiger partial charge in [-0.3, -0.25) is 14.0 Å². The minimum Gasteiger partial charge on any atom is -0.300 e. The Morgan fingerprint density at radius 3 is 2.39 bits per heavy atom. The van der Waals surface area contributed by atoms with Gasteiger partial charge in [-0.25, -0.2) is 10.7 Å². The fourth-order valence-electron chi connectivity index (χ4n) is 1.83. The van der Waals surface area contributed by atoms with Crippen LogP contribution in [0.4, 0.5) is 0 Å². The first kappa shape index (κ1) is 12.6. The summed E-state index contributed by atoms with van der Waals surface area (Å²) in [6.07, 6.45) is 3.57. The molecule has 18 heavy (non-hydrogen) atoms. The molecule has 2 aromatic rings. The van der Waals surface area contributed by atoms with E-state index in [0.717, 1.165) is 11.3 Å². The number of benzene rings is 1. The molecule has 0 aliphatic carbocycles. The summed E-state index contributed by atoms with van der Waals surface area (Å²) in [6.45, 7) is 4.32. The summed E-state index contributed by atoms with van der Waals surface area (Å²) in [5, 5.41) is 0. The zero-order valence-electron chi connectivity index (χ0n) is 10.5. The molecule has 0 aliphatic heterocycles. The molecular weight excluding hydrogens is 230 g/mol. The van der Waals surface area contributed by atoms with E-state index in [-0.39, 0.29) is 11.7 Å². The molecule has 5 nitrogen and oxygen atoms in total. The number of nitrogens with zero attached hydrogens (tertiary/aromatic N) is 2. The molecule has 0 saturated heterocycles. The summed E-state index contributed by atoms with van der Waals surface area (Å²) in [4.78, 5) is 16.7. The minimum atomic E-state index is -0.0344. The molecule has 1 aromatic heterocycles. The van der Waals surface area contributed by atoms with E-state index in [1.165, 1.54) is 0 Å². The summed E-state index contributed by atoms with van der Waals surface area (Å²) in [5.74, 6) is 5.01. The monoisotopic (exact) mass is 247 g/mol. The predicted octanol–water partition coefficient (Wildman–Crippen LogP) is 1.61. The van der Waals surface area contributed by atoms with Crippen molar-refractivity contribution in [3.63, 3.8) is 0 Å². The highest BCUT2D eigenvalue weighted by atomic mass is 16.6. The smallest absolute Gasteiger partial charge is 0.300 e. The fraction of sp³-hybridized carbons (Fsp3) is 0.308. The van der Waals surface area contributed by atoms with Crippen LogP contribution in [0.5, 0.6) is 0 Å². The summed E-state index contributed by atoms with van der Waals surface area (Å²) in [7, 11) is 0. The maximum Gasteiger partial charge on any atom is 0.332 e. The Morgan fingerprint density at radius 1 is 1.22 bits per heavy atom. The number of rotatable bonds is 4. The third-order valence-electron chi connectivity index (χ3n) is 2.82. The molecule has 0 amide bonds. The van der Waals surface area contributed by atoms with Gasteiger partial charge >= 0.3 is 5.69 Å². The van der Waals surface area contributed by atoms with Crippen molar-refractivity contribution in [2.75, 3.05) is 0 Å². The van der Waals surface area contributed by atoms with Gasteiger partial charge in [-0.15, -0.1) is 0 Å². The van der Waals surface area contributed by atoms with Crippen molar-refractivity contribution in [2.24, 2.45) is 5.90 Å². The molecule has 0 fully saturated rings. The highest BCUT2D eigenvalue weighted by Gasteiger charge is 2.07. The first-order chi connectivity index (χ1) is 8.63. The van der Waals surface area contributed by atoms with Gasteiger partial charge < -0.3 is 0 Å². The highest BCUT2D eigenvalue weighted by molar-refractivity contribution is 5.34. The van der Waals surface area contributed by atoms with E-state index in [0.29, 0.717) is 6.61 Å². The lowest BCUT2D eigenvalue weighted by atomic mass is 10.2. The summed E-state index contributed by atoms with van der Waals surface area (Å²) < 4.78 is 3.31. The second kappa shape index (κ2) is 5.20. The van der Waals surface area contributed by atoms with Crippen LogP contribution in [-0.2, 0) is 11.4 Å². The zero-order valence-corrected chi connectivity index (χ0v) is 10.5. The maximum atomic E-state index is 12.1. The van der Waals surface area contributed by atoms with Gasteiger partial charge in [0.1, 0.15) is 0 Å². The van der Waals surface area contributed by atoms with Gasteiger partial charge in [0.25, 0.3) is 0 Å². The standard InChI is InChI=1S/C13H17N3O2/c1-10(2)15-7-8-16(13(15)17)12-5-3-11(4-6-12)9-18-14/h3-8,10H,9,14H2,1-2H3. The summed E-state index contributed by atoms with van der Waals surface area (Å²) in [5.41, 5.74) is 1.77. The average molecular weight is 247 g/mol. The SMILES string of the molecule is CC(C)n1ccn(-c2ccc(CON)cc2)c1=O. The fourth-order valence-corrected chi connectivity index (χ4v) is 1.83. The predicted molar refractivity (Wildman–Crippen MR) is 69.4 cm³/mol. The van der Waals surface area contributed by atoms with Gasteiger partial charge in [0.2, 0.25) is 0 Å². The molecule has 0 unspecified atom stereocenters. The third kappa shape index (κ3) is 2.37. The first-order valence-corrected chi connectivity index (χ1v) is 5.84. The van der Waals surface area contributed by atoms with Crippen molar-refractivity contribution < 1.29 is 4.84 Å². The van der Waals surface area contributed by atoms with E-state index in [1.807, 2.05) is 38.1 Å². The van der Waals surface area contributed by atoms with Crippen LogP contribution in [0.15, 0.2) is 41.5 Å². The van der Waals surface area contributed by atoms with Crippen molar-refractivity contribution in [2.45, 2.75) is 26.5 Å². The van der Waals surface area contributed by atoms with Crippen LogP contribution in [0.1, 0.15) is 25.5 Å². The quantitative estimate of drug-likeness (QED) is 0.835. The second-order valence-corrected chi connectivity index (χ2v) is 4.43. The molecule has 0 saturated carbocycles. The van der Waals surface area contributed by atoms with Crippen molar-refractivity contribution in [3.8, 4) is 5.69 Å². The van der Waals surface area contributed by atoms with Gasteiger partial charge in [-0.05, 0) is 31.5 Å². The van der Waals surface area contributed by atoms with E-state index >= 15 is 0 Å². The van der Waals surface area contributed by atoms with E-state index in [1.54, 1.807) is 21.5 Å². The van der Waals surface area contributed by atoms with Crippen LogP contribution in [0.3, 0.4) is 0 Å². The third-order valence-corrected chi connectivity index (χ3v) is 2.82. The molecule has 2 rings (SSSR count). The Labute approximate surface area is 105 Å². The van der Waals surface area contributed by atoms with Gasteiger partial charge in [0.05, 0.1) is 12.3 Å². The Bertz CT molecular complexity index is 567. The van der Waals surface area contributed by atoms with Crippen LogP contribution in [-0.4, -0.2) is 9.13 Å². The molecule has 96 valence electrons. The lowest BCUT2D eigenvalue weighted by Crippen LogP contribution is -2.24. The lowest BCUT2D eigenvalue weighted by molar-refractivity contribution is 0.124. The van der Waals surface area contributed by atoms with Crippen LogP contribution < -0.4 is 11.6 Å². The number of hydrogen-bond acceptors (Lipinski definition) is 3. The van der Waals surface area contributed by atoms with Gasteiger partial charge in [0, 0.05) is 18.4 Å². The largest absolute Gasteiger partial charge is 0.332 e. The Balaban J connectivity index is 2.34. The molecule has 2 N–H and O–H groups in total. The van der Waals surface area contributed by atoms with Crippen LogP contribution in [0.25, 0.3) is 5.69 Å². The topological polar surface area (TPSA) is 62.2 Å². The molecule has 0 atom stereocenters. The molecule has 0 spiro atoms. The van der Waals surface area contributed by atoms with E-state index in [4.69, 9.17) is 5.90 Å². The highest BCUT2D eigenvalue weighted by Crippen LogP contribution is 2.09. The van der Waals surface area contributed by atoms with Crippen LogP contribution >= 0.6 is 0 Å². The van der Waals surface area contributed by atoms with Gasteiger partial charge in [0.15, 0.2) is 0 Å². The molecule has 1 heterocycles.